The molecule has 2 heterocycles. The maximum absolute atomic E-state index is 12.9. The van der Waals surface area contributed by atoms with E-state index in [9.17, 15) is 9.18 Å². The maximum atomic E-state index is 12.9. The molecule has 0 unspecified atom stereocenters. The number of halogens is 2. The van der Waals surface area contributed by atoms with E-state index in [1.807, 2.05) is 30.0 Å². The van der Waals surface area contributed by atoms with Crippen molar-refractivity contribution in [3.05, 3.63) is 67.8 Å². The molecule has 3 rings (SSSR count). The number of carbonyl (C=O) groups is 1. The molecule has 5 nitrogen and oxygen atoms in total. The molecule has 0 aliphatic heterocycles. The lowest BCUT2D eigenvalue weighted by molar-refractivity contribution is 0.0956. The van der Waals surface area contributed by atoms with Crippen LogP contribution in [0.2, 0.25) is 0 Å². The number of thiophene rings is 1. The molecule has 0 aliphatic carbocycles. The Balaban J connectivity index is 1.49. The van der Waals surface area contributed by atoms with Gasteiger partial charge in [-0.3, -0.25) is 9.48 Å². The van der Waals surface area contributed by atoms with Crippen LogP contribution in [0.1, 0.15) is 26.6 Å². The van der Waals surface area contributed by atoms with E-state index in [4.69, 9.17) is 4.74 Å². The molecular formula is C19H19BrFN3O2S. The minimum absolute atomic E-state index is 0.117. The van der Waals surface area contributed by atoms with E-state index in [1.54, 1.807) is 12.1 Å². The Morgan fingerprint density at radius 3 is 2.74 bits per heavy atom. The summed E-state index contributed by atoms with van der Waals surface area (Å²) in [6.07, 6.45) is 0. The van der Waals surface area contributed by atoms with Gasteiger partial charge in [0.1, 0.15) is 18.2 Å². The molecule has 0 bridgehead atoms. The summed E-state index contributed by atoms with van der Waals surface area (Å²) in [7, 11) is 0. The number of hydrogen-bond donors (Lipinski definition) is 1. The molecule has 27 heavy (non-hydrogen) atoms. The predicted molar refractivity (Wildman–Crippen MR) is 107 cm³/mol. The number of aromatic nitrogens is 2. The molecule has 0 atom stereocenters. The minimum atomic E-state index is -0.301. The molecule has 0 aliphatic rings. The van der Waals surface area contributed by atoms with Crippen LogP contribution >= 0.6 is 27.3 Å². The van der Waals surface area contributed by atoms with Gasteiger partial charge in [-0.2, -0.15) is 5.10 Å². The summed E-state index contributed by atoms with van der Waals surface area (Å²) in [6, 6.07) is 7.66. The van der Waals surface area contributed by atoms with Gasteiger partial charge < -0.3 is 10.1 Å². The predicted octanol–water partition coefficient (Wildman–Crippen LogP) is 4.47. The molecule has 1 aromatic carbocycles. The van der Waals surface area contributed by atoms with E-state index in [0.29, 0.717) is 30.3 Å². The Hall–Kier alpha value is -2.19. The fourth-order valence-corrected chi connectivity index (χ4v) is 3.62. The fourth-order valence-electron chi connectivity index (χ4n) is 2.52. The number of carbonyl (C=O) groups excluding carboxylic acids is 1. The number of rotatable bonds is 7. The quantitative estimate of drug-likeness (QED) is 0.576. The van der Waals surface area contributed by atoms with Crippen molar-refractivity contribution in [3.63, 3.8) is 0 Å². The molecule has 142 valence electrons. The molecule has 0 fully saturated rings. The maximum Gasteiger partial charge on any atom is 0.261 e. The second-order valence-electron chi connectivity index (χ2n) is 6.03. The fraction of sp³-hybridized carbons (Fsp3) is 0.263. The third-order valence-electron chi connectivity index (χ3n) is 4.00. The normalized spacial score (nSPS) is 10.8. The first-order chi connectivity index (χ1) is 12.9. The van der Waals surface area contributed by atoms with Crippen molar-refractivity contribution in [2.24, 2.45) is 0 Å². The molecule has 1 N–H and O–H groups in total. The largest absolute Gasteiger partial charge is 0.489 e. The molecular weight excluding hydrogens is 433 g/mol. The molecule has 0 saturated heterocycles. The second kappa shape index (κ2) is 8.67. The van der Waals surface area contributed by atoms with Crippen LogP contribution in [0.5, 0.6) is 5.75 Å². The van der Waals surface area contributed by atoms with E-state index in [1.165, 1.54) is 23.5 Å². The van der Waals surface area contributed by atoms with Crippen molar-refractivity contribution in [3.8, 4) is 5.75 Å². The van der Waals surface area contributed by atoms with Crippen LogP contribution in [-0.2, 0) is 13.2 Å². The summed E-state index contributed by atoms with van der Waals surface area (Å²) in [5.74, 6) is 0.169. The second-order valence-corrected chi connectivity index (χ2v) is 7.73. The summed E-state index contributed by atoms with van der Waals surface area (Å²) in [5, 5.41) is 9.22. The molecule has 2 aromatic heterocycles. The van der Waals surface area contributed by atoms with Crippen molar-refractivity contribution in [2.75, 3.05) is 6.54 Å². The third-order valence-corrected chi connectivity index (χ3v) is 6.12. The summed E-state index contributed by atoms with van der Waals surface area (Å²) in [4.78, 5) is 12.9. The lowest BCUT2D eigenvalue weighted by Gasteiger charge is -2.06. The van der Waals surface area contributed by atoms with E-state index in [0.717, 1.165) is 21.4 Å². The number of nitrogens with zero attached hydrogens (tertiary/aromatic N) is 2. The van der Waals surface area contributed by atoms with Crippen LogP contribution in [0.3, 0.4) is 0 Å². The van der Waals surface area contributed by atoms with Gasteiger partial charge in [-0.25, -0.2) is 4.39 Å². The van der Waals surface area contributed by atoms with Gasteiger partial charge in [0.15, 0.2) is 0 Å². The van der Waals surface area contributed by atoms with Gasteiger partial charge in [0.2, 0.25) is 0 Å². The van der Waals surface area contributed by atoms with Gasteiger partial charge in [0, 0.05) is 17.8 Å². The highest BCUT2D eigenvalue weighted by Crippen LogP contribution is 2.20. The molecule has 0 saturated carbocycles. The lowest BCUT2D eigenvalue weighted by Crippen LogP contribution is -2.27. The monoisotopic (exact) mass is 451 g/mol. The van der Waals surface area contributed by atoms with Gasteiger partial charge in [-0.15, -0.1) is 11.3 Å². The highest BCUT2D eigenvalue weighted by atomic mass is 79.9. The number of hydrogen-bond acceptors (Lipinski definition) is 4. The topological polar surface area (TPSA) is 56.2 Å². The Labute approximate surface area is 169 Å². The SMILES string of the molecule is Cc1nn(CCNC(=O)c2cc(COc3ccc(F)cc3)cs2)c(C)c1Br. The zero-order valence-corrected chi connectivity index (χ0v) is 17.4. The Morgan fingerprint density at radius 2 is 2.07 bits per heavy atom. The molecule has 3 aromatic rings. The summed E-state index contributed by atoms with van der Waals surface area (Å²) in [5.41, 5.74) is 2.87. The molecule has 0 spiro atoms. The first-order valence-electron chi connectivity index (χ1n) is 8.37. The van der Waals surface area contributed by atoms with Crippen molar-refractivity contribution < 1.29 is 13.9 Å². The Morgan fingerprint density at radius 1 is 1.33 bits per heavy atom. The first-order valence-corrected chi connectivity index (χ1v) is 10.0. The smallest absolute Gasteiger partial charge is 0.261 e. The number of nitrogens with one attached hydrogen (secondary N) is 1. The number of ether oxygens (including phenoxy) is 1. The summed E-state index contributed by atoms with van der Waals surface area (Å²) >= 11 is 4.87. The van der Waals surface area contributed by atoms with Crippen molar-refractivity contribution >= 4 is 33.2 Å². The van der Waals surface area contributed by atoms with Crippen molar-refractivity contribution in [1.29, 1.82) is 0 Å². The van der Waals surface area contributed by atoms with Gasteiger partial charge >= 0.3 is 0 Å². The minimum Gasteiger partial charge on any atom is -0.489 e. The van der Waals surface area contributed by atoms with Crippen molar-refractivity contribution in [1.82, 2.24) is 15.1 Å². The van der Waals surface area contributed by atoms with E-state index in [-0.39, 0.29) is 11.7 Å². The summed E-state index contributed by atoms with van der Waals surface area (Å²) in [6.45, 7) is 5.35. The van der Waals surface area contributed by atoms with E-state index >= 15 is 0 Å². The Bertz CT molecular complexity index is 937. The van der Waals surface area contributed by atoms with Gasteiger partial charge in [-0.1, -0.05) is 0 Å². The highest BCUT2D eigenvalue weighted by molar-refractivity contribution is 9.10. The van der Waals surface area contributed by atoms with E-state index < -0.39 is 0 Å². The molecule has 0 radical (unpaired) electrons. The zero-order chi connectivity index (χ0) is 19.4. The highest BCUT2D eigenvalue weighted by Gasteiger charge is 2.11. The number of amides is 1. The van der Waals surface area contributed by atoms with Crippen LogP contribution in [0.4, 0.5) is 4.39 Å². The number of benzene rings is 1. The standard InChI is InChI=1S/C19H19BrFN3O2S/c1-12-18(20)13(2)24(23-12)8-7-22-19(25)17-9-14(11-27-17)10-26-16-5-3-15(21)4-6-16/h3-6,9,11H,7-8,10H2,1-2H3,(H,22,25). The van der Waals surface area contributed by atoms with Crippen LogP contribution < -0.4 is 10.1 Å². The lowest BCUT2D eigenvalue weighted by atomic mass is 10.3. The number of aryl methyl sites for hydroxylation is 1. The van der Waals surface area contributed by atoms with Gasteiger partial charge in [0.25, 0.3) is 5.91 Å². The average molecular weight is 452 g/mol. The van der Waals surface area contributed by atoms with Crippen LogP contribution in [0.25, 0.3) is 0 Å². The first kappa shape index (κ1) is 19.6. The average Bonchev–Trinajstić information content (AvgIpc) is 3.22. The molecule has 8 heteroatoms. The van der Waals surface area contributed by atoms with Crippen molar-refractivity contribution in [2.45, 2.75) is 27.0 Å². The van der Waals surface area contributed by atoms with E-state index in [2.05, 4.69) is 26.3 Å². The zero-order valence-electron chi connectivity index (χ0n) is 15.0. The van der Waals surface area contributed by atoms with Gasteiger partial charge in [0.05, 0.1) is 21.6 Å². The third kappa shape index (κ3) is 4.95. The molecule has 1 amide bonds. The van der Waals surface area contributed by atoms with Crippen LogP contribution in [-0.4, -0.2) is 22.2 Å². The van der Waals surface area contributed by atoms with Gasteiger partial charge in [-0.05, 0) is 65.5 Å². The van der Waals surface area contributed by atoms with Crippen LogP contribution in [0, 0.1) is 19.7 Å². The summed E-state index contributed by atoms with van der Waals surface area (Å²) < 4.78 is 21.4. The Kier molecular flexibility index (Phi) is 6.28. The van der Waals surface area contributed by atoms with Crippen LogP contribution in [0.15, 0.2) is 40.2 Å².